The topological polar surface area (TPSA) is 26.3 Å². The van der Waals surface area contributed by atoms with E-state index in [-0.39, 0.29) is 5.97 Å². The highest BCUT2D eigenvalue weighted by atomic mass is 79.9. The fourth-order valence-electron chi connectivity index (χ4n) is 2.58. The number of halogens is 1. The molecular formula is C21H23BrO2. The Bertz CT molecular complexity index is 752. The van der Waals surface area contributed by atoms with Gasteiger partial charge in [-0.05, 0) is 90.0 Å². The molecule has 2 nitrogen and oxygen atoms in total. The first-order chi connectivity index (χ1) is 11.4. The van der Waals surface area contributed by atoms with Gasteiger partial charge in [0.2, 0.25) is 0 Å². The van der Waals surface area contributed by atoms with Crippen LogP contribution in [0.4, 0.5) is 0 Å². The molecule has 0 saturated heterocycles. The van der Waals surface area contributed by atoms with Crippen LogP contribution in [-0.4, -0.2) is 12.6 Å². The lowest BCUT2D eigenvalue weighted by molar-refractivity contribution is 0.0525. The predicted octanol–water partition coefficient (Wildman–Crippen LogP) is 5.81. The molecule has 0 atom stereocenters. The lowest BCUT2D eigenvalue weighted by Gasteiger charge is -2.07. The van der Waals surface area contributed by atoms with Gasteiger partial charge < -0.3 is 4.74 Å². The fraction of sp³-hybridized carbons (Fsp3) is 0.286. The normalized spacial score (nSPS) is 11.0. The molecule has 0 radical (unpaired) electrons. The molecule has 0 heterocycles. The van der Waals surface area contributed by atoms with E-state index in [0.29, 0.717) is 12.2 Å². The quantitative estimate of drug-likeness (QED) is 0.606. The maximum absolute atomic E-state index is 11.8. The summed E-state index contributed by atoms with van der Waals surface area (Å²) in [6, 6.07) is 10.1. The summed E-state index contributed by atoms with van der Waals surface area (Å²) in [5.74, 6) is -0.300. The molecule has 126 valence electrons. The van der Waals surface area contributed by atoms with Gasteiger partial charge in [-0.1, -0.05) is 30.4 Å². The lowest BCUT2D eigenvalue weighted by Crippen LogP contribution is -2.05. The number of rotatable bonds is 5. The highest BCUT2D eigenvalue weighted by Crippen LogP contribution is 2.21. The van der Waals surface area contributed by atoms with E-state index >= 15 is 0 Å². The number of benzene rings is 2. The van der Waals surface area contributed by atoms with Crippen molar-refractivity contribution in [1.29, 1.82) is 0 Å². The van der Waals surface area contributed by atoms with E-state index in [9.17, 15) is 4.79 Å². The Morgan fingerprint density at radius 3 is 2.38 bits per heavy atom. The van der Waals surface area contributed by atoms with Crippen molar-refractivity contribution >= 4 is 28.0 Å². The average Bonchev–Trinajstić information content (AvgIpc) is 2.53. The molecule has 0 amide bonds. The van der Waals surface area contributed by atoms with E-state index in [0.717, 1.165) is 16.5 Å². The Morgan fingerprint density at radius 1 is 1.12 bits per heavy atom. The molecule has 3 heteroatoms. The van der Waals surface area contributed by atoms with Crippen molar-refractivity contribution in [3.8, 4) is 0 Å². The minimum absolute atomic E-state index is 0.300. The van der Waals surface area contributed by atoms with E-state index in [1.165, 1.54) is 22.3 Å². The van der Waals surface area contributed by atoms with Crippen LogP contribution < -0.4 is 0 Å². The van der Waals surface area contributed by atoms with Crippen molar-refractivity contribution in [2.75, 3.05) is 6.61 Å². The summed E-state index contributed by atoms with van der Waals surface area (Å²) < 4.78 is 5.79. The van der Waals surface area contributed by atoms with Crippen LogP contribution in [0.2, 0.25) is 0 Å². The number of esters is 1. The van der Waals surface area contributed by atoms with Gasteiger partial charge in [-0.15, -0.1) is 0 Å². The summed E-state index contributed by atoms with van der Waals surface area (Å²) >= 11 is 3.45. The van der Waals surface area contributed by atoms with Crippen molar-refractivity contribution in [2.45, 2.75) is 34.1 Å². The number of carbonyl (C=O) groups is 1. The third-order valence-electron chi connectivity index (χ3n) is 4.14. The van der Waals surface area contributed by atoms with E-state index in [2.05, 4.69) is 61.0 Å². The summed E-state index contributed by atoms with van der Waals surface area (Å²) in [4.78, 5) is 11.8. The molecule has 0 saturated carbocycles. The molecule has 0 aliphatic carbocycles. The molecule has 0 aliphatic heterocycles. The van der Waals surface area contributed by atoms with Gasteiger partial charge in [0.1, 0.15) is 0 Å². The van der Waals surface area contributed by atoms with Gasteiger partial charge in [-0.25, -0.2) is 4.79 Å². The summed E-state index contributed by atoms with van der Waals surface area (Å²) in [6.07, 6.45) is 5.11. The Labute approximate surface area is 152 Å². The number of ether oxygens (including phenoxy) is 1. The van der Waals surface area contributed by atoms with Gasteiger partial charge >= 0.3 is 5.97 Å². The highest BCUT2D eigenvalue weighted by molar-refractivity contribution is 9.10. The van der Waals surface area contributed by atoms with Gasteiger partial charge in [-0.3, -0.25) is 0 Å². The third-order valence-corrected chi connectivity index (χ3v) is 4.80. The average molecular weight is 387 g/mol. The van der Waals surface area contributed by atoms with Crippen LogP contribution in [0.3, 0.4) is 0 Å². The molecule has 0 N–H and O–H groups in total. The van der Waals surface area contributed by atoms with Gasteiger partial charge in [0, 0.05) is 4.47 Å². The van der Waals surface area contributed by atoms with E-state index in [4.69, 9.17) is 4.74 Å². The first-order valence-electron chi connectivity index (χ1n) is 8.12. The van der Waals surface area contributed by atoms with Crippen molar-refractivity contribution < 1.29 is 9.53 Å². The van der Waals surface area contributed by atoms with E-state index in [1.54, 1.807) is 13.0 Å². The van der Waals surface area contributed by atoms with Crippen LogP contribution in [-0.2, 0) is 11.2 Å². The second-order valence-corrected chi connectivity index (χ2v) is 6.78. The number of hydrogen-bond donors (Lipinski definition) is 0. The Morgan fingerprint density at radius 2 is 1.79 bits per heavy atom. The zero-order valence-electron chi connectivity index (χ0n) is 14.7. The molecule has 2 rings (SSSR count). The Balaban J connectivity index is 2.10. The predicted molar refractivity (Wildman–Crippen MR) is 103 cm³/mol. The minimum Gasteiger partial charge on any atom is -0.462 e. The molecule has 2 aromatic rings. The Kier molecular flexibility index (Phi) is 6.38. The molecule has 0 unspecified atom stereocenters. The molecule has 24 heavy (non-hydrogen) atoms. The van der Waals surface area contributed by atoms with Crippen LogP contribution >= 0.6 is 15.9 Å². The molecule has 0 aromatic heterocycles. The Hall–Kier alpha value is -1.87. The SMILES string of the molecule is CCOC(=O)c1ccc(/C=C\Cc2cc(C)c(C)c(C)c2)cc1Br. The smallest absolute Gasteiger partial charge is 0.339 e. The summed E-state index contributed by atoms with van der Waals surface area (Å²) in [7, 11) is 0. The van der Waals surface area contributed by atoms with Crippen LogP contribution in [0.15, 0.2) is 40.9 Å². The van der Waals surface area contributed by atoms with E-state index in [1.807, 2.05) is 12.1 Å². The molecule has 0 spiro atoms. The number of allylic oxidation sites excluding steroid dienone is 1. The van der Waals surface area contributed by atoms with Gasteiger partial charge in [0.25, 0.3) is 0 Å². The second-order valence-electron chi connectivity index (χ2n) is 5.92. The van der Waals surface area contributed by atoms with Gasteiger partial charge in [0.05, 0.1) is 12.2 Å². The standard InChI is InChI=1S/C21H23BrO2/c1-5-24-21(23)19-10-9-17(13-20(19)22)7-6-8-18-11-14(2)16(4)15(3)12-18/h6-7,9-13H,5,8H2,1-4H3/b7-6-. The van der Waals surface area contributed by atoms with Gasteiger partial charge in [-0.2, -0.15) is 0 Å². The molecule has 0 bridgehead atoms. The van der Waals surface area contributed by atoms with Crippen molar-refractivity contribution in [3.05, 3.63) is 74.3 Å². The van der Waals surface area contributed by atoms with Crippen molar-refractivity contribution in [2.24, 2.45) is 0 Å². The first kappa shape index (κ1) is 18.5. The fourth-order valence-corrected chi connectivity index (χ4v) is 3.14. The van der Waals surface area contributed by atoms with Crippen molar-refractivity contribution in [3.63, 3.8) is 0 Å². The maximum atomic E-state index is 11.8. The first-order valence-corrected chi connectivity index (χ1v) is 8.91. The third kappa shape index (κ3) is 4.57. The lowest BCUT2D eigenvalue weighted by atomic mass is 9.99. The molecule has 0 aliphatic rings. The summed E-state index contributed by atoms with van der Waals surface area (Å²) in [5.41, 5.74) is 6.95. The number of hydrogen-bond acceptors (Lipinski definition) is 2. The minimum atomic E-state index is -0.300. The number of aryl methyl sites for hydroxylation is 2. The van der Waals surface area contributed by atoms with E-state index < -0.39 is 0 Å². The van der Waals surface area contributed by atoms with Crippen LogP contribution in [0.25, 0.3) is 6.08 Å². The molecule has 2 aromatic carbocycles. The zero-order chi connectivity index (χ0) is 17.7. The highest BCUT2D eigenvalue weighted by Gasteiger charge is 2.10. The summed E-state index contributed by atoms with van der Waals surface area (Å²) in [6.45, 7) is 8.65. The van der Waals surface area contributed by atoms with Gasteiger partial charge in [0.15, 0.2) is 0 Å². The summed E-state index contributed by atoms with van der Waals surface area (Å²) in [5, 5.41) is 0. The van der Waals surface area contributed by atoms with Crippen LogP contribution in [0.1, 0.15) is 45.1 Å². The zero-order valence-corrected chi connectivity index (χ0v) is 16.2. The molecule has 0 fully saturated rings. The monoisotopic (exact) mass is 386 g/mol. The second kappa shape index (κ2) is 8.29. The largest absolute Gasteiger partial charge is 0.462 e. The van der Waals surface area contributed by atoms with Crippen molar-refractivity contribution in [1.82, 2.24) is 0 Å². The van der Waals surface area contributed by atoms with Crippen LogP contribution in [0.5, 0.6) is 0 Å². The number of carbonyl (C=O) groups excluding carboxylic acids is 1. The maximum Gasteiger partial charge on any atom is 0.339 e. The molecular weight excluding hydrogens is 364 g/mol. The van der Waals surface area contributed by atoms with Crippen LogP contribution in [0, 0.1) is 20.8 Å².